The van der Waals surface area contributed by atoms with Crippen LogP contribution in [0.4, 0.5) is 0 Å². The monoisotopic (exact) mass is 201 g/mol. The molecular formula is C14H19N. The Morgan fingerprint density at radius 2 is 1.93 bits per heavy atom. The van der Waals surface area contributed by atoms with Crippen molar-refractivity contribution in [3.8, 4) is 0 Å². The van der Waals surface area contributed by atoms with E-state index in [1.54, 1.807) is 0 Å². The molecule has 0 atom stereocenters. The van der Waals surface area contributed by atoms with Crippen molar-refractivity contribution >= 4 is 5.57 Å². The highest BCUT2D eigenvalue weighted by molar-refractivity contribution is 5.65. The summed E-state index contributed by atoms with van der Waals surface area (Å²) in [6.45, 7) is 8.46. The van der Waals surface area contributed by atoms with Crippen LogP contribution in [-0.2, 0) is 0 Å². The van der Waals surface area contributed by atoms with Gasteiger partial charge in [0.25, 0.3) is 0 Å². The van der Waals surface area contributed by atoms with E-state index < -0.39 is 0 Å². The van der Waals surface area contributed by atoms with Crippen molar-refractivity contribution in [1.82, 2.24) is 5.32 Å². The van der Waals surface area contributed by atoms with Crippen molar-refractivity contribution < 1.29 is 0 Å². The SMILES string of the molecule is C=C(C)c1ccccc1C1CCNCC1. The predicted octanol–water partition coefficient (Wildman–Crippen LogP) is 3.19. The summed E-state index contributed by atoms with van der Waals surface area (Å²) in [5.74, 6) is 0.721. The molecule has 1 nitrogen and oxygen atoms in total. The summed E-state index contributed by atoms with van der Waals surface area (Å²) in [5.41, 5.74) is 4.03. The maximum Gasteiger partial charge on any atom is -0.00431 e. The number of nitrogens with one attached hydrogen (secondary N) is 1. The third kappa shape index (κ3) is 2.29. The Morgan fingerprint density at radius 3 is 2.60 bits per heavy atom. The number of hydrogen-bond acceptors (Lipinski definition) is 1. The van der Waals surface area contributed by atoms with Crippen LogP contribution in [0, 0.1) is 0 Å². The molecule has 15 heavy (non-hydrogen) atoms. The van der Waals surface area contributed by atoms with Gasteiger partial charge in [-0.25, -0.2) is 0 Å². The lowest BCUT2D eigenvalue weighted by atomic mass is 9.85. The molecule has 1 fully saturated rings. The lowest BCUT2D eigenvalue weighted by molar-refractivity contribution is 0.460. The standard InChI is InChI=1S/C14H19N/c1-11(2)13-5-3-4-6-14(13)12-7-9-15-10-8-12/h3-6,12,15H,1,7-10H2,2H3. The lowest BCUT2D eigenvalue weighted by Crippen LogP contribution is -2.27. The van der Waals surface area contributed by atoms with Crippen LogP contribution in [0.5, 0.6) is 0 Å². The van der Waals surface area contributed by atoms with Crippen molar-refractivity contribution in [3.05, 3.63) is 42.0 Å². The number of hydrogen-bond donors (Lipinski definition) is 1. The molecule has 80 valence electrons. The highest BCUT2D eigenvalue weighted by Gasteiger charge is 2.17. The Labute approximate surface area is 92.2 Å². The first-order chi connectivity index (χ1) is 7.29. The van der Waals surface area contributed by atoms with E-state index in [-0.39, 0.29) is 0 Å². The zero-order chi connectivity index (χ0) is 10.7. The van der Waals surface area contributed by atoms with E-state index in [2.05, 4.69) is 43.1 Å². The first kappa shape index (κ1) is 10.4. The summed E-state index contributed by atoms with van der Waals surface area (Å²) < 4.78 is 0. The lowest BCUT2D eigenvalue weighted by Gasteiger charge is -2.25. The molecule has 1 aromatic rings. The summed E-state index contributed by atoms with van der Waals surface area (Å²) >= 11 is 0. The van der Waals surface area contributed by atoms with Crippen molar-refractivity contribution in [3.63, 3.8) is 0 Å². The molecule has 1 saturated heterocycles. The average Bonchev–Trinajstić information content (AvgIpc) is 2.30. The predicted molar refractivity (Wildman–Crippen MR) is 66.0 cm³/mol. The summed E-state index contributed by atoms with van der Waals surface area (Å²) in [6.07, 6.45) is 2.51. The topological polar surface area (TPSA) is 12.0 Å². The molecule has 1 aromatic carbocycles. The first-order valence-electron chi connectivity index (χ1n) is 5.74. The summed E-state index contributed by atoms with van der Waals surface area (Å²) in [4.78, 5) is 0. The van der Waals surface area contributed by atoms with Crippen LogP contribution in [0.3, 0.4) is 0 Å². The second-order valence-electron chi connectivity index (χ2n) is 4.39. The Hall–Kier alpha value is -1.08. The summed E-state index contributed by atoms with van der Waals surface area (Å²) in [5, 5.41) is 3.41. The molecule has 0 aromatic heterocycles. The fourth-order valence-electron chi connectivity index (χ4n) is 2.37. The van der Waals surface area contributed by atoms with Gasteiger partial charge < -0.3 is 5.32 Å². The molecule has 0 amide bonds. The number of allylic oxidation sites excluding steroid dienone is 1. The normalized spacial score (nSPS) is 17.7. The molecule has 0 bridgehead atoms. The van der Waals surface area contributed by atoms with Gasteiger partial charge in [0.15, 0.2) is 0 Å². The molecule has 1 aliphatic heterocycles. The van der Waals surface area contributed by atoms with Crippen LogP contribution < -0.4 is 5.32 Å². The van der Waals surface area contributed by atoms with Gasteiger partial charge in [0, 0.05) is 0 Å². The van der Waals surface area contributed by atoms with Gasteiger partial charge in [-0.1, -0.05) is 36.4 Å². The number of benzene rings is 1. The van der Waals surface area contributed by atoms with Gasteiger partial charge >= 0.3 is 0 Å². The summed E-state index contributed by atoms with van der Waals surface area (Å²) in [7, 11) is 0. The Morgan fingerprint density at radius 1 is 1.27 bits per heavy atom. The Bertz CT molecular complexity index is 348. The summed E-state index contributed by atoms with van der Waals surface area (Å²) in [6, 6.07) is 8.71. The maximum atomic E-state index is 4.07. The molecule has 1 aliphatic rings. The number of rotatable bonds is 2. The van der Waals surface area contributed by atoms with Crippen molar-refractivity contribution in [1.29, 1.82) is 0 Å². The van der Waals surface area contributed by atoms with Gasteiger partial charge in [-0.2, -0.15) is 0 Å². The molecule has 0 saturated carbocycles. The minimum absolute atomic E-state index is 0.721. The van der Waals surface area contributed by atoms with E-state index in [1.807, 2.05) is 0 Å². The van der Waals surface area contributed by atoms with Gasteiger partial charge in [-0.05, 0) is 49.9 Å². The minimum Gasteiger partial charge on any atom is -0.317 e. The fourth-order valence-corrected chi connectivity index (χ4v) is 2.37. The zero-order valence-corrected chi connectivity index (χ0v) is 9.42. The van der Waals surface area contributed by atoms with Crippen LogP contribution in [0.2, 0.25) is 0 Å². The minimum atomic E-state index is 0.721. The van der Waals surface area contributed by atoms with E-state index in [0.717, 1.165) is 19.0 Å². The van der Waals surface area contributed by atoms with E-state index in [1.165, 1.54) is 29.5 Å². The second kappa shape index (κ2) is 4.63. The Balaban J connectivity index is 2.29. The highest BCUT2D eigenvalue weighted by Crippen LogP contribution is 2.30. The van der Waals surface area contributed by atoms with E-state index in [9.17, 15) is 0 Å². The molecule has 0 unspecified atom stereocenters. The van der Waals surface area contributed by atoms with Crippen molar-refractivity contribution in [2.24, 2.45) is 0 Å². The third-order valence-electron chi connectivity index (χ3n) is 3.20. The molecule has 0 spiro atoms. The van der Waals surface area contributed by atoms with Crippen molar-refractivity contribution in [2.75, 3.05) is 13.1 Å². The first-order valence-corrected chi connectivity index (χ1v) is 5.74. The largest absolute Gasteiger partial charge is 0.317 e. The molecule has 0 aliphatic carbocycles. The van der Waals surface area contributed by atoms with Crippen LogP contribution in [-0.4, -0.2) is 13.1 Å². The van der Waals surface area contributed by atoms with Gasteiger partial charge in [0.05, 0.1) is 0 Å². The van der Waals surface area contributed by atoms with Crippen LogP contribution in [0.25, 0.3) is 5.57 Å². The van der Waals surface area contributed by atoms with Gasteiger partial charge in [0.2, 0.25) is 0 Å². The fraction of sp³-hybridized carbons (Fsp3) is 0.429. The van der Waals surface area contributed by atoms with Gasteiger partial charge in [-0.15, -0.1) is 0 Å². The van der Waals surface area contributed by atoms with Crippen LogP contribution in [0.15, 0.2) is 30.8 Å². The van der Waals surface area contributed by atoms with Crippen LogP contribution in [0.1, 0.15) is 36.8 Å². The van der Waals surface area contributed by atoms with E-state index in [0.29, 0.717) is 0 Å². The Kier molecular flexibility index (Phi) is 3.22. The molecule has 1 N–H and O–H groups in total. The van der Waals surface area contributed by atoms with E-state index >= 15 is 0 Å². The van der Waals surface area contributed by atoms with Crippen LogP contribution >= 0.6 is 0 Å². The highest BCUT2D eigenvalue weighted by atomic mass is 14.9. The van der Waals surface area contributed by atoms with Gasteiger partial charge in [0.1, 0.15) is 0 Å². The zero-order valence-electron chi connectivity index (χ0n) is 9.42. The molecule has 1 heterocycles. The molecular weight excluding hydrogens is 182 g/mol. The quantitative estimate of drug-likeness (QED) is 0.775. The molecule has 2 rings (SSSR count). The smallest absolute Gasteiger partial charge is 0.00431 e. The molecule has 0 radical (unpaired) electrons. The molecule has 1 heteroatoms. The maximum absolute atomic E-state index is 4.07. The average molecular weight is 201 g/mol. The van der Waals surface area contributed by atoms with Gasteiger partial charge in [-0.3, -0.25) is 0 Å². The van der Waals surface area contributed by atoms with E-state index in [4.69, 9.17) is 0 Å². The third-order valence-corrected chi connectivity index (χ3v) is 3.20. The van der Waals surface area contributed by atoms with Crippen molar-refractivity contribution in [2.45, 2.75) is 25.7 Å². The second-order valence-corrected chi connectivity index (χ2v) is 4.39. The number of piperidine rings is 1.